The number of nitrogens with zero attached hydrogens (tertiary/aromatic N) is 4. The van der Waals surface area contributed by atoms with Gasteiger partial charge in [-0.15, -0.1) is 0 Å². The molecule has 0 atom stereocenters. The Morgan fingerprint density at radius 1 is 1.17 bits per heavy atom. The van der Waals surface area contributed by atoms with Crippen molar-refractivity contribution >= 4 is 50.6 Å². The lowest BCUT2D eigenvalue weighted by atomic mass is 10.2. The number of aromatic nitrogens is 4. The van der Waals surface area contributed by atoms with Crippen LogP contribution in [-0.4, -0.2) is 41.5 Å². The first kappa shape index (κ1) is 20.7. The van der Waals surface area contributed by atoms with Gasteiger partial charge in [0.25, 0.3) is 0 Å². The van der Waals surface area contributed by atoms with E-state index in [1.165, 1.54) is 13.3 Å². The van der Waals surface area contributed by atoms with Crippen molar-refractivity contribution in [3.05, 3.63) is 41.2 Å². The zero-order valence-electron chi connectivity index (χ0n) is 16.2. The summed E-state index contributed by atoms with van der Waals surface area (Å²) in [5.41, 5.74) is 1.66. The highest BCUT2D eigenvalue weighted by atomic mass is 35.5. The average molecular weight is 438 g/mol. The number of anilines is 5. The van der Waals surface area contributed by atoms with Gasteiger partial charge in [0.05, 0.1) is 37.1 Å². The van der Waals surface area contributed by atoms with Gasteiger partial charge >= 0.3 is 0 Å². The molecule has 3 N–H and O–H groups in total. The van der Waals surface area contributed by atoms with Gasteiger partial charge in [0, 0.05) is 18.7 Å². The highest BCUT2D eigenvalue weighted by molar-refractivity contribution is 7.92. The number of halogens is 1. The van der Waals surface area contributed by atoms with Gasteiger partial charge in [0.15, 0.2) is 5.82 Å². The first-order chi connectivity index (χ1) is 13.7. The van der Waals surface area contributed by atoms with Crippen LogP contribution < -0.4 is 20.1 Å². The Hall–Kier alpha value is -3.05. The number of nitrogens with one attached hydrogen (secondary N) is 3. The molecule has 0 unspecified atom stereocenters. The van der Waals surface area contributed by atoms with Crippen LogP contribution in [-0.2, 0) is 17.1 Å². The molecule has 154 valence electrons. The lowest BCUT2D eigenvalue weighted by molar-refractivity contribution is 0.415. The van der Waals surface area contributed by atoms with Crippen LogP contribution in [0, 0.1) is 6.92 Å². The molecule has 0 saturated heterocycles. The van der Waals surface area contributed by atoms with Crippen molar-refractivity contribution in [1.82, 2.24) is 19.7 Å². The van der Waals surface area contributed by atoms with Crippen molar-refractivity contribution in [3.63, 3.8) is 0 Å². The summed E-state index contributed by atoms with van der Waals surface area (Å²) in [5, 5.41) is 10.6. The van der Waals surface area contributed by atoms with E-state index in [-0.39, 0.29) is 5.02 Å². The van der Waals surface area contributed by atoms with Crippen LogP contribution in [0.25, 0.3) is 0 Å². The summed E-state index contributed by atoms with van der Waals surface area (Å²) in [6, 6.07) is 4.89. The highest BCUT2D eigenvalue weighted by Crippen LogP contribution is 2.32. The SMILES string of the molecule is COc1ccc(Nc2nc(Nc3c(C)cnn3C)ncc2Cl)c(NS(C)(=O)=O)c1. The van der Waals surface area contributed by atoms with Gasteiger partial charge < -0.3 is 15.4 Å². The van der Waals surface area contributed by atoms with Crippen molar-refractivity contribution in [2.24, 2.45) is 7.05 Å². The minimum atomic E-state index is -3.51. The van der Waals surface area contributed by atoms with Gasteiger partial charge in [0.2, 0.25) is 16.0 Å². The van der Waals surface area contributed by atoms with Crippen LogP contribution >= 0.6 is 11.6 Å². The molecule has 0 spiro atoms. The Bertz CT molecular complexity index is 1130. The molecule has 2 heterocycles. The Kier molecular flexibility index (Phi) is 5.80. The molecular formula is C17H20ClN7O3S. The molecule has 29 heavy (non-hydrogen) atoms. The fraction of sp³-hybridized carbons (Fsp3) is 0.235. The van der Waals surface area contributed by atoms with Gasteiger partial charge in [-0.2, -0.15) is 10.1 Å². The third-order valence-corrected chi connectivity index (χ3v) is 4.74. The van der Waals surface area contributed by atoms with E-state index < -0.39 is 10.0 Å². The van der Waals surface area contributed by atoms with E-state index in [9.17, 15) is 8.42 Å². The van der Waals surface area contributed by atoms with Crippen LogP contribution in [0.15, 0.2) is 30.6 Å². The molecule has 12 heteroatoms. The minimum Gasteiger partial charge on any atom is -0.497 e. The standard InChI is InChI=1S/C17H20ClN7O3S/c1-10-8-20-25(2)16(10)23-17-19-9-12(18)15(22-17)21-13-6-5-11(28-3)7-14(13)24-29(4,26)27/h5-9,24H,1-4H3,(H2,19,21,22,23). The summed E-state index contributed by atoms with van der Waals surface area (Å²) < 4.78 is 32.7. The number of methoxy groups -OCH3 is 1. The molecule has 3 rings (SSSR count). The van der Waals surface area contributed by atoms with Gasteiger partial charge in [-0.05, 0) is 19.1 Å². The van der Waals surface area contributed by atoms with Gasteiger partial charge in [-0.25, -0.2) is 13.4 Å². The molecule has 3 aromatic rings. The second-order valence-corrected chi connectivity index (χ2v) is 8.38. The third kappa shape index (κ3) is 5.06. The molecule has 0 aliphatic heterocycles. The summed E-state index contributed by atoms with van der Waals surface area (Å²) in [6.45, 7) is 1.91. The van der Waals surface area contributed by atoms with Gasteiger partial charge in [0.1, 0.15) is 16.6 Å². The highest BCUT2D eigenvalue weighted by Gasteiger charge is 2.14. The zero-order chi connectivity index (χ0) is 21.2. The fourth-order valence-electron chi connectivity index (χ4n) is 2.52. The second-order valence-electron chi connectivity index (χ2n) is 6.23. The maximum Gasteiger partial charge on any atom is 0.230 e. The Balaban J connectivity index is 1.94. The number of benzene rings is 1. The predicted octanol–water partition coefficient (Wildman–Crippen LogP) is 3.04. The number of rotatable bonds is 7. The number of hydrogen-bond acceptors (Lipinski definition) is 8. The Morgan fingerprint density at radius 3 is 2.55 bits per heavy atom. The molecular weight excluding hydrogens is 418 g/mol. The van der Waals surface area contributed by atoms with E-state index in [1.807, 2.05) is 6.92 Å². The Labute approximate surface area is 173 Å². The number of ether oxygens (including phenoxy) is 1. The van der Waals surface area contributed by atoms with Crippen molar-refractivity contribution in [2.75, 3.05) is 28.7 Å². The summed E-state index contributed by atoms with van der Waals surface area (Å²) in [6.07, 6.45) is 4.22. The summed E-state index contributed by atoms with van der Waals surface area (Å²) in [5.74, 6) is 1.83. The van der Waals surface area contributed by atoms with E-state index in [0.29, 0.717) is 28.9 Å². The molecule has 0 saturated carbocycles. The van der Waals surface area contributed by atoms with Crippen molar-refractivity contribution < 1.29 is 13.2 Å². The number of sulfonamides is 1. The zero-order valence-corrected chi connectivity index (χ0v) is 17.8. The lowest BCUT2D eigenvalue weighted by Gasteiger charge is -2.15. The van der Waals surface area contributed by atoms with Crippen LogP contribution in [0.4, 0.5) is 29.0 Å². The third-order valence-electron chi connectivity index (χ3n) is 3.87. The largest absolute Gasteiger partial charge is 0.497 e. The first-order valence-corrected chi connectivity index (χ1v) is 10.6. The molecule has 0 amide bonds. The summed E-state index contributed by atoms with van der Waals surface area (Å²) in [4.78, 5) is 8.57. The molecule has 0 aliphatic carbocycles. The van der Waals surface area contributed by atoms with Crippen molar-refractivity contribution in [2.45, 2.75) is 6.92 Å². The maximum atomic E-state index is 11.7. The van der Waals surface area contributed by atoms with E-state index in [1.54, 1.807) is 36.1 Å². The van der Waals surface area contributed by atoms with Crippen LogP contribution in [0.2, 0.25) is 5.02 Å². The molecule has 10 nitrogen and oxygen atoms in total. The maximum absolute atomic E-state index is 11.7. The van der Waals surface area contributed by atoms with E-state index in [0.717, 1.165) is 17.6 Å². The van der Waals surface area contributed by atoms with Crippen molar-refractivity contribution in [3.8, 4) is 5.75 Å². The minimum absolute atomic E-state index is 0.262. The predicted molar refractivity (Wildman–Crippen MR) is 113 cm³/mol. The molecule has 0 aliphatic rings. The molecule has 2 aromatic heterocycles. The smallest absolute Gasteiger partial charge is 0.230 e. The second kappa shape index (κ2) is 8.13. The normalized spacial score (nSPS) is 11.2. The summed E-state index contributed by atoms with van der Waals surface area (Å²) >= 11 is 6.24. The lowest BCUT2D eigenvalue weighted by Crippen LogP contribution is -2.12. The van der Waals surface area contributed by atoms with Crippen LogP contribution in [0.5, 0.6) is 5.75 Å². The average Bonchev–Trinajstić information content (AvgIpc) is 2.96. The Morgan fingerprint density at radius 2 is 1.93 bits per heavy atom. The quantitative estimate of drug-likeness (QED) is 0.515. The molecule has 1 aromatic carbocycles. The van der Waals surface area contributed by atoms with Crippen molar-refractivity contribution in [1.29, 1.82) is 0 Å². The topological polar surface area (TPSA) is 123 Å². The number of aryl methyl sites for hydroxylation is 2. The van der Waals surface area contributed by atoms with Gasteiger partial charge in [-0.1, -0.05) is 11.6 Å². The first-order valence-electron chi connectivity index (χ1n) is 8.37. The van der Waals surface area contributed by atoms with E-state index >= 15 is 0 Å². The van der Waals surface area contributed by atoms with Crippen LogP contribution in [0.1, 0.15) is 5.56 Å². The van der Waals surface area contributed by atoms with Crippen LogP contribution in [0.3, 0.4) is 0 Å². The number of hydrogen-bond donors (Lipinski definition) is 3. The fourth-order valence-corrected chi connectivity index (χ4v) is 3.23. The monoisotopic (exact) mass is 437 g/mol. The molecule has 0 bridgehead atoms. The summed E-state index contributed by atoms with van der Waals surface area (Å²) in [7, 11) is -0.223. The van der Waals surface area contributed by atoms with Gasteiger partial charge in [-0.3, -0.25) is 9.40 Å². The van der Waals surface area contributed by atoms with E-state index in [4.69, 9.17) is 16.3 Å². The molecule has 0 radical (unpaired) electrons. The van der Waals surface area contributed by atoms with E-state index in [2.05, 4.69) is 30.4 Å². The molecule has 0 fully saturated rings.